The van der Waals surface area contributed by atoms with Gasteiger partial charge in [0.15, 0.2) is 0 Å². The standard InChI is InChI=1S/C13H22N2O2/c1-15(11-3-2-4-11)12(16)13-8-14-7-10(13)5-6-17-9-13/h10-11,14H,2-9H2,1H3/t10-,13+/m1/s1. The maximum atomic E-state index is 12.7. The lowest BCUT2D eigenvalue weighted by Gasteiger charge is -2.43. The summed E-state index contributed by atoms with van der Waals surface area (Å²) >= 11 is 0. The first-order valence-electron chi connectivity index (χ1n) is 6.80. The Balaban J connectivity index is 1.77. The van der Waals surface area contributed by atoms with Crippen molar-refractivity contribution in [3.63, 3.8) is 0 Å². The lowest BCUT2D eigenvalue weighted by molar-refractivity contribution is -0.155. The van der Waals surface area contributed by atoms with Gasteiger partial charge >= 0.3 is 0 Å². The van der Waals surface area contributed by atoms with E-state index >= 15 is 0 Å². The molecular weight excluding hydrogens is 216 g/mol. The third-order valence-electron chi connectivity index (χ3n) is 4.95. The molecule has 1 N–H and O–H groups in total. The second kappa shape index (κ2) is 4.25. The molecule has 0 aromatic rings. The Morgan fingerprint density at radius 1 is 1.41 bits per heavy atom. The van der Waals surface area contributed by atoms with E-state index in [0.717, 1.165) is 26.1 Å². The molecule has 2 atom stereocenters. The van der Waals surface area contributed by atoms with Gasteiger partial charge in [-0.2, -0.15) is 0 Å². The van der Waals surface area contributed by atoms with Gasteiger partial charge in [-0.05, 0) is 38.1 Å². The molecule has 4 nitrogen and oxygen atoms in total. The Morgan fingerprint density at radius 3 is 2.94 bits per heavy atom. The van der Waals surface area contributed by atoms with Crippen molar-refractivity contribution >= 4 is 5.91 Å². The predicted octanol–water partition coefficient (Wildman–Crippen LogP) is 0.623. The molecule has 1 aliphatic carbocycles. The van der Waals surface area contributed by atoms with Crippen LogP contribution >= 0.6 is 0 Å². The summed E-state index contributed by atoms with van der Waals surface area (Å²) in [6.45, 7) is 3.20. The summed E-state index contributed by atoms with van der Waals surface area (Å²) in [6, 6.07) is 0.486. The average molecular weight is 238 g/mol. The number of hydrogen-bond acceptors (Lipinski definition) is 3. The van der Waals surface area contributed by atoms with Crippen LogP contribution in [0.15, 0.2) is 0 Å². The minimum atomic E-state index is -0.261. The van der Waals surface area contributed by atoms with Gasteiger partial charge in [-0.25, -0.2) is 0 Å². The Morgan fingerprint density at radius 2 is 2.24 bits per heavy atom. The topological polar surface area (TPSA) is 41.6 Å². The highest BCUT2D eigenvalue weighted by molar-refractivity contribution is 5.84. The maximum absolute atomic E-state index is 12.7. The van der Waals surface area contributed by atoms with E-state index < -0.39 is 0 Å². The molecule has 17 heavy (non-hydrogen) atoms. The number of carbonyl (C=O) groups excluding carboxylic acids is 1. The molecular formula is C13H22N2O2. The summed E-state index contributed by atoms with van der Waals surface area (Å²) in [5.74, 6) is 0.795. The van der Waals surface area contributed by atoms with Crippen molar-refractivity contribution in [3.8, 4) is 0 Å². The van der Waals surface area contributed by atoms with E-state index in [1.54, 1.807) is 0 Å². The molecule has 0 aromatic heterocycles. The zero-order valence-electron chi connectivity index (χ0n) is 10.6. The van der Waals surface area contributed by atoms with E-state index in [4.69, 9.17) is 4.74 Å². The Labute approximate surface area is 103 Å². The Bertz CT molecular complexity index is 317. The maximum Gasteiger partial charge on any atom is 0.232 e. The molecule has 0 radical (unpaired) electrons. The van der Waals surface area contributed by atoms with Crippen LogP contribution in [0.2, 0.25) is 0 Å². The number of hydrogen-bond donors (Lipinski definition) is 1. The van der Waals surface area contributed by atoms with Gasteiger partial charge in [-0.3, -0.25) is 4.79 Å². The van der Waals surface area contributed by atoms with Crippen molar-refractivity contribution in [1.82, 2.24) is 10.2 Å². The molecule has 3 aliphatic rings. The zero-order valence-corrected chi connectivity index (χ0v) is 10.6. The van der Waals surface area contributed by atoms with Gasteiger partial charge in [0.2, 0.25) is 5.91 Å². The van der Waals surface area contributed by atoms with Crippen LogP contribution in [0.4, 0.5) is 0 Å². The van der Waals surface area contributed by atoms with Crippen LogP contribution in [0.1, 0.15) is 25.7 Å². The lowest BCUT2D eigenvalue weighted by atomic mass is 9.74. The van der Waals surface area contributed by atoms with Crippen molar-refractivity contribution in [3.05, 3.63) is 0 Å². The van der Waals surface area contributed by atoms with E-state index in [0.29, 0.717) is 24.5 Å². The van der Waals surface area contributed by atoms with Gasteiger partial charge in [0.1, 0.15) is 0 Å². The lowest BCUT2D eigenvalue weighted by Crippen LogP contribution is -2.55. The van der Waals surface area contributed by atoms with Gasteiger partial charge in [0.25, 0.3) is 0 Å². The smallest absolute Gasteiger partial charge is 0.232 e. The van der Waals surface area contributed by atoms with Crippen LogP contribution in [-0.4, -0.2) is 50.2 Å². The normalized spacial score (nSPS) is 37.4. The molecule has 1 amide bonds. The van der Waals surface area contributed by atoms with Crippen LogP contribution in [0.3, 0.4) is 0 Å². The molecule has 1 saturated carbocycles. The molecule has 2 aliphatic heterocycles. The van der Waals surface area contributed by atoms with Crippen molar-refractivity contribution in [2.45, 2.75) is 31.7 Å². The van der Waals surface area contributed by atoms with Crippen LogP contribution in [0.25, 0.3) is 0 Å². The largest absolute Gasteiger partial charge is 0.380 e. The second-order valence-corrected chi connectivity index (χ2v) is 5.83. The van der Waals surface area contributed by atoms with Crippen molar-refractivity contribution < 1.29 is 9.53 Å². The van der Waals surface area contributed by atoms with Crippen LogP contribution < -0.4 is 5.32 Å². The van der Waals surface area contributed by atoms with Crippen LogP contribution in [0.5, 0.6) is 0 Å². The van der Waals surface area contributed by atoms with E-state index in [2.05, 4.69) is 5.32 Å². The molecule has 0 spiro atoms. The van der Waals surface area contributed by atoms with E-state index in [1.165, 1.54) is 19.3 Å². The molecule has 0 bridgehead atoms. The fourth-order valence-electron chi connectivity index (χ4n) is 3.44. The highest BCUT2D eigenvalue weighted by Crippen LogP contribution is 2.40. The molecule has 3 fully saturated rings. The highest BCUT2D eigenvalue weighted by atomic mass is 16.5. The number of ether oxygens (including phenoxy) is 1. The summed E-state index contributed by atoms with van der Waals surface area (Å²) in [5.41, 5.74) is -0.261. The number of rotatable bonds is 2. The third-order valence-corrected chi connectivity index (χ3v) is 4.95. The summed E-state index contributed by atoms with van der Waals surface area (Å²) in [4.78, 5) is 14.7. The van der Waals surface area contributed by atoms with Crippen molar-refractivity contribution in [1.29, 1.82) is 0 Å². The number of fused-ring (bicyclic) bond motifs is 1. The zero-order chi connectivity index (χ0) is 11.9. The molecule has 2 heterocycles. The van der Waals surface area contributed by atoms with E-state index in [-0.39, 0.29) is 5.41 Å². The predicted molar refractivity (Wildman–Crippen MR) is 64.6 cm³/mol. The summed E-state index contributed by atoms with van der Waals surface area (Å²) < 4.78 is 5.60. The fraction of sp³-hybridized carbons (Fsp3) is 0.923. The molecule has 0 aromatic carbocycles. The minimum absolute atomic E-state index is 0.261. The molecule has 4 heteroatoms. The number of carbonyl (C=O) groups is 1. The molecule has 96 valence electrons. The average Bonchev–Trinajstić information content (AvgIpc) is 2.70. The van der Waals surface area contributed by atoms with Crippen molar-refractivity contribution in [2.75, 3.05) is 33.4 Å². The monoisotopic (exact) mass is 238 g/mol. The van der Waals surface area contributed by atoms with Gasteiger partial charge in [0, 0.05) is 26.2 Å². The summed E-state index contributed by atoms with van der Waals surface area (Å²) in [5, 5.41) is 3.39. The molecule has 0 unspecified atom stereocenters. The van der Waals surface area contributed by atoms with Gasteiger partial charge in [-0.15, -0.1) is 0 Å². The summed E-state index contributed by atoms with van der Waals surface area (Å²) in [6.07, 6.45) is 4.65. The third kappa shape index (κ3) is 1.69. The van der Waals surface area contributed by atoms with Crippen LogP contribution in [0, 0.1) is 11.3 Å². The first-order valence-corrected chi connectivity index (χ1v) is 6.80. The van der Waals surface area contributed by atoms with Gasteiger partial charge < -0.3 is 15.0 Å². The minimum Gasteiger partial charge on any atom is -0.380 e. The van der Waals surface area contributed by atoms with Crippen molar-refractivity contribution in [2.24, 2.45) is 11.3 Å². The number of nitrogens with zero attached hydrogens (tertiary/aromatic N) is 1. The Kier molecular flexibility index (Phi) is 2.87. The Hall–Kier alpha value is -0.610. The fourth-order valence-corrected chi connectivity index (χ4v) is 3.44. The summed E-state index contributed by atoms with van der Waals surface area (Å²) in [7, 11) is 1.98. The van der Waals surface area contributed by atoms with E-state index in [1.807, 2.05) is 11.9 Å². The first kappa shape index (κ1) is 11.5. The van der Waals surface area contributed by atoms with Gasteiger partial charge in [-0.1, -0.05) is 0 Å². The number of nitrogens with one attached hydrogen (secondary N) is 1. The highest BCUT2D eigenvalue weighted by Gasteiger charge is 2.52. The quantitative estimate of drug-likeness (QED) is 0.767. The number of amides is 1. The first-order chi connectivity index (χ1) is 8.24. The van der Waals surface area contributed by atoms with E-state index in [9.17, 15) is 4.79 Å². The van der Waals surface area contributed by atoms with Crippen LogP contribution in [-0.2, 0) is 9.53 Å². The molecule has 2 saturated heterocycles. The van der Waals surface area contributed by atoms with Gasteiger partial charge in [0.05, 0.1) is 12.0 Å². The SMILES string of the molecule is CN(C(=O)[C@]12CNC[C@H]1CCOC2)C1CCC1. The molecule has 3 rings (SSSR count). The second-order valence-electron chi connectivity index (χ2n) is 5.83.